The molecule has 0 bridgehead atoms. The van der Waals surface area contributed by atoms with Crippen molar-refractivity contribution in [2.75, 3.05) is 39.3 Å². The number of rotatable bonds is 8. The van der Waals surface area contributed by atoms with Crippen molar-refractivity contribution in [1.29, 1.82) is 0 Å². The lowest BCUT2D eigenvalue weighted by Crippen LogP contribution is -2.38. The standard InChI is InChI=1S/C21H26ClFN2O4S/c22-21-5-2-1-4-17(21)15-29-16-19(26)14-24-10-3-11-25(13-12-24)30(27,28)20-8-6-18(23)7-9-20/h1-2,4-9,19,26H,3,10-16H2. The summed E-state index contributed by atoms with van der Waals surface area (Å²) in [7, 11) is -3.66. The fourth-order valence-corrected chi connectivity index (χ4v) is 5.06. The second kappa shape index (κ2) is 10.7. The van der Waals surface area contributed by atoms with Crippen LogP contribution in [0.15, 0.2) is 53.4 Å². The molecule has 1 N–H and O–H groups in total. The number of sulfonamides is 1. The van der Waals surface area contributed by atoms with E-state index < -0.39 is 21.9 Å². The molecule has 0 saturated carbocycles. The molecule has 0 aromatic heterocycles. The summed E-state index contributed by atoms with van der Waals surface area (Å²) in [4.78, 5) is 2.12. The van der Waals surface area contributed by atoms with Crippen LogP contribution in [0.5, 0.6) is 0 Å². The van der Waals surface area contributed by atoms with Crippen molar-refractivity contribution < 1.29 is 22.7 Å². The van der Waals surface area contributed by atoms with Crippen molar-refractivity contribution in [3.8, 4) is 0 Å². The Kier molecular flexibility index (Phi) is 8.21. The highest BCUT2D eigenvalue weighted by molar-refractivity contribution is 7.89. The Morgan fingerprint density at radius 3 is 2.53 bits per heavy atom. The molecular weight excluding hydrogens is 431 g/mol. The number of aliphatic hydroxyl groups excluding tert-OH is 1. The smallest absolute Gasteiger partial charge is 0.243 e. The zero-order valence-electron chi connectivity index (χ0n) is 16.6. The van der Waals surface area contributed by atoms with Gasteiger partial charge in [0.05, 0.1) is 24.2 Å². The van der Waals surface area contributed by atoms with Gasteiger partial charge in [0.15, 0.2) is 0 Å². The molecule has 1 aliphatic heterocycles. The number of hydrogen-bond acceptors (Lipinski definition) is 5. The Morgan fingerprint density at radius 2 is 1.80 bits per heavy atom. The third-order valence-electron chi connectivity index (χ3n) is 4.99. The second-order valence-electron chi connectivity index (χ2n) is 7.27. The predicted octanol–water partition coefficient (Wildman–Crippen LogP) is 2.75. The highest BCUT2D eigenvalue weighted by Crippen LogP contribution is 2.19. The molecule has 1 atom stereocenters. The Balaban J connectivity index is 1.47. The van der Waals surface area contributed by atoms with Crippen molar-refractivity contribution in [3.63, 3.8) is 0 Å². The normalized spacial score (nSPS) is 17.6. The Labute approximate surface area is 181 Å². The Morgan fingerprint density at radius 1 is 1.07 bits per heavy atom. The van der Waals surface area contributed by atoms with Gasteiger partial charge in [-0.1, -0.05) is 29.8 Å². The van der Waals surface area contributed by atoms with E-state index in [1.165, 1.54) is 16.4 Å². The van der Waals surface area contributed by atoms with Crippen molar-refractivity contribution >= 4 is 21.6 Å². The maximum atomic E-state index is 13.1. The van der Waals surface area contributed by atoms with Crippen LogP contribution in [0.4, 0.5) is 4.39 Å². The summed E-state index contributed by atoms with van der Waals surface area (Å²) in [5, 5.41) is 10.9. The van der Waals surface area contributed by atoms with Gasteiger partial charge in [-0.05, 0) is 48.9 Å². The molecule has 9 heteroatoms. The van der Waals surface area contributed by atoms with Crippen LogP contribution >= 0.6 is 11.6 Å². The lowest BCUT2D eigenvalue weighted by Gasteiger charge is -2.24. The number of benzene rings is 2. The average Bonchev–Trinajstić information content (AvgIpc) is 2.96. The lowest BCUT2D eigenvalue weighted by atomic mass is 10.2. The van der Waals surface area contributed by atoms with Crippen molar-refractivity contribution in [2.24, 2.45) is 0 Å². The molecule has 0 aliphatic carbocycles. The highest BCUT2D eigenvalue weighted by Gasteiger charge is 2.27. The zero-order chi connectivity index (χ0) is 21.6. The molecule has 30 heavy (non-hydrogen) atoms. The van der Waals surface area contributed by atoms with E-state index in [0.29, 0.717) is 50.8 Å². The van der Waals surface area contributed by atoms with Gasteiger partial charge in [0.2, 0.25) is 10.0 Å². The zero-order valence-corrected chi connectivity index (χ0v) is 18.2. The fraction of sp³-hybridized carbons (Fsp3) is 0.429. The predicted molar refractivity (Wildman–Crippen MR) is 113 cm³/mol. The third-order valence-corrected chi connectivity index (χ3v) is 7.28. The molecule has 1 saturated heterocycles. The monoisotopic (exact) mass is 456 g/mol. The first-order valence-corrected chi connectivity index (χ1v) is 11.7. The van der Waals surface area contributed by atoms with Gasteiger partial charge in [-0.15, -0.1) is 0 Å². The summed E-state index contributed by atoms with van der Waals surface area (Å²) >= 11 is 6.09. The van der Waals surface area contributed by atoms with Crippen molar-refractivity contribution in [2.45, 2.75) is 24.0 Å². The number of halogens is 2. The van der Waals surface area contributed by atoms with E-state index in [0.717, 1.165) is 17.7 Å². The van der Waals surface area contributed by atoms with Gasteiger partial charge in [-0.25, -0.2) is 12.8 Å². The van der Waals surface area contributed by atoms with Gasteiger partial charge in [0, 0.05) is 31.2 Å². The van der Waals surface area contributed by atoms with Gasteiger partial charge in [0.1, 0.15) is 5.82 Å². The average molecular weight is 457 g/mol. The number of nitrogens with zero attached hydrogens (tertiary/aromatic N) is 2. The largest absolute Gasteiger partial charge is 0.389 e. The quantitative estimate of drug-likeness (QED) is 0.661. The van der Waals surface area contributed by atoms with Crippen LogP contribution in [-0.2, 0) is 21.4 Å². The maximum absolute atomic E-state index is 13.1. The van der Waals surface area contributed by atoms with Gasteiger partial charge in [-0.2, -0.15) is 4.31 Å². The van der Waals surface area contributed by atoms with Gasteiger partial charge < -0.3 is 9.84 Å². The fourth-order valence-electron chi connectivity index (χ4n) is 3.40. The van der Waals surface area contributed by atoms with E-state index in [4.69, 9.17) is 16.3 Å². The van der Waals surface area contributed by atoms with E-state index in [1.54, 1.807) is 6.07 Å². The molecule has 1 aliphatic rings. The molecule has 2 aromatic rings. The highest BCUT2D eigenvalue weighted by atomic mass is 35.5. The van der Waals surface area contributed by atoms with E-state index in [1.807, 2.05) is 23.1 Å². The molecular formula is C21H26ClFN2O4S. The lowest BCUT2D eigenvalue weighted by molar-refractivity contribution is 0.0107. The molecule has 1 heterocycles. The molecule has 6 nitrogen and oxygen atoms in total. The number of ether oxygens (including phenoxy) is 1. The number of β-amino-alcohol motifs (C(OH)–C–C–N with tert-alkyl or cyclic N) is 1. The Bertz CT molecular complexity index is 927. The SMILES string of the molecule is O=S(=O)(c1ccc(F)cc1)N1CCCN(CC(O)COCc2ccccc2Cl)CC1. The van der Waals surface area contributed by atoms with Crippen LogP contribution in [0.3, 0.4) is 0 Å². The summed E-state index contributed by atoms with van der Waals surface area (Å²) in [6.45, 7) is 2.76. The first-order valence-electron chi connectivity index (χ1n) is 9.83. The second-order valence-corrected chi connectivity index (χ2v) is 9.62. The number of hydrogen-bond donors (Lipinski definition) is 1. The molecule has 0 radical (unpaired) electrons. The van der Waals surface area contributed by atoms with Crippen LogP contribution in [0.1, 0.15) is 12.0 Å². The van der Waals surface area contributed by atoms with Crippen LogP contribution in [-0.4, -0.2) is 68.2 Å². The van der Waals surface area contributed by atoms with Crippen molar-refractivity contribution in [1.82, 2.24) is 9.21 Å². The Hall–Kier alpha value is -1.55. The minimum absolute atomic E-state index is 0.0883. The first-order chi connectivity index (χ1) is 14.4. The number of aliphatic hydroxyl groups is 1. The van der Waals surface area contributed by atoms with Crippen molar-refractivity contribution in [3.05, 3.63) is 64.9 Å². The third kappa shape index (κ3) is 6.23. The summed E-state index contributed by atoms with van der Waals surface area (Å²) < 4.78 is 45.7. The summed E-state index contributed by atoms with van der Waals surface area (Å²) in [5.74, 6) is -0.471. The summed E-state index contributed by atoms with van der Waals surface area (Å²) in [6.07, 6.45) is -0.0408. The maximum Gasteiger partial charge on any atom is 0.243 e. The van der Waals surface area contributed by atoms with Crippen LogP contribution in [0, 0.1) is 5.82 Å². The van der Waals surface area contributed by atoms with Gasteiger partial charge >= 0.3 is 0 Å². The van der Waals surface area contributed by atoms with E-state index in [9.17, 15) is 17.9 Å². The molecule has 164 valence electrons. The molecule has 1 unspecified atom stereocenters. The topological polar surface area (TPSA) is 70.1 Å². The van der Waals surface area contributed by atoms with Gasteiger partial charge in [-0.3, -0.25) is 4.90 Å². The van der Waals surface area contributed by atoms with E-state index >= 15 is 0 Å². The summed E-state index contributed by atoms with van der Waals surface area (Å²) in [5.41, 5.74) is 0.864. The molecule has 3 rings (SSSR count). The van der Waals surface area contributed by atoms with E-state index in [-0.39, 0.29) is 11.5 Å². The van der Waals surface area contributed by atoms with Crippen LogP contribution < -0.4 is 0 Å². The van der Waals surface area contributed by atoms with Crippen LogP contribution in [0.25, 0.3) is 0 Å². The summed E-state index contributed by atoms with van der Waals surface area (Å²) in [6, 6.07) is 12.3. The first kappa shape index (κ1) is 23.1. The van der Waals surface area contributed by atoms with E-state index in [2.05, 4.69) is 0 Å². The molecule has 1 fully saturated rings. The molecule has 0 spiro atoms. The van der Waals surface area contributed by atoms with Crippen LogP contribution in [0.2, 0.25) is 5.02 Å². The minimum atomic E-state index is -3.66. The minimum Gasteiger partial charge on any atom is -0.389 e. The molecule has 2 aromatic carbocycles. The molecule has 0 amide bonds. The van der Waals surface area contributed by atoms with Gasteiger partial charge in [0.25, 0.3) is 0 Å².